The first kappa shape index (κ1) is 10.0. The largest absolute Gasteiger partial charge is 0.380 e. The molecule has 0 aromatic carbocycles. The lowest BCUT2D eigenvalue weighted by Gasteiger charge is -2.13. The van der Waals surface area contributed by atoms with Gasteiger partial charge in [0, 0.05) is 12.6 Å². The van der Waals surface area contributed by atoms with Crippen LogP contribution in [0.15, 0.2) is 0 Å². The van der Waals surface area contributed by atoms with Crippen molar-refractivity contribution < 1.29 is 4.74 Å². The van der Waals surface area contributed by atoms with Crippen molar-refractivity contribution in [2.24, 2.45) is 17.1 Å². The summed E-state index contributed by atoms with van der Waals surface area (Å²) < 4.78 is 5.41. The van der Waals surface area contributed by atoms with Crippen LogP contribution in [0.3, 0.4) is 0 Å². The van der Waals surface area contributed by atoms with Gasteiger partial charge in [0.15, 0.2) is 0 Å². The van der Waals surface area contributed by atoms with Gasteiger partial charge in [0.25, 0.3) is 0 Å². The zero-order chi connectivity index (χ0) is 9.19. The minimum Gasteiger partial charge on any atom is -0.380 e. The average molecular weight is 171 g/mol. The van der Waals surface area contributed by atoms with E-state index in [1.165, 1.54) is 6.42 Å². The van der Waals surface area contributed by atoms with Gasteiger partial charge in [-0.3, -0.25) is 0 Å². The smallest absolute Gasteiger partial charge is 0.0620 e. The van der Waals surface area contributed by atoms with Crippen LogP contribution < -0.4 is 5.73 Å². The summed E-state index contributed by atoms with van der Waals surface area (Å²) in [7, 11) is 0. The van der Waals surface area contributed by atoms with Crippen molar-refractivity contribution in [3.05, 3.63) is 0 Å². The van der Waals surface area contributed by atoms with E-state index in [2.05, 4.69) is 20.8 Å². The monoisotopic (exact) mass is 171 g/mol. The maximum atomic E-state index is 5.97. The van der Waals surface area contributed by atoms with E-state index in [4.69, 9.17) is 10.5 Å². The molecule has 2 heteroatoms. The molecule has 72 valence electrons. The standard InChI is InChI=1S/C10H21NO/c1-4-5-12-7-9(11)8-6-10(8,2)3/h8-9H,4-7,11H2,1-3H3. The quantitative estimate of drug-likeness (QED) is 0.640. The van der Waals surface area contributed by atoms with E-state index in [-0.39, 0.29) is 6.04 Å². The molecule has 2 N–H and O–H groups in total. The fourth-order valence-corrected chi connectivity index (χ4v) is 1.72. The van der Waals surface area contributed by atoms with Crippen LogP contribution in [0.2, 0.25) is 0 Å². The second-order valence-electron chi connectivity index (χ2n) is 4.54. The number of nitrogens with two attached hydrogens (primary N) is 1. The average Bonchev–Trinajstić information content (AvgIpc) is 2.60. The Kier molecular flexibility index (Phi) is 3.13. The second-order valence-corrected chi connectivity index (χ2v) is 4.54. The summed E-state index contributed by atoms with van der Waals surface area (Å²) in [6.07, 6.45) is 2.35. The summed E-state index contributed by atoms with van der Waals surface area (Å²) >= 11 is 0. The van der Waals surface area contributed by atoms with E-state index in [1.54, 1.807) is 0 Å². The third-order valence-electron chi connectivity index (χ3n) is 2.77. The molecule has 12 heavy (non-hydrogen) atoms. The third kappa shape index (κ3) is 2.46. The SMILES string of the molecule is CCCOCC(N)C1CC1(C)C. The zero-order valence-electron chi connectivity index (χ0n) is 8.47. The first-order valence-electron chi connectivity index (χ1n) is 4.91. The molecule has 0 saturated heterocycles. The Labute approximate surface area is 75.5 Å². The van der Waals surface area contributed by atoms with Crippen molar-refractivity contribution in [2.45, 2.75) is 39.7 Å². The molecule has 1 saturated carbocycles. The predicted molar refractivity (Wildman–Crippen MR) is 51.0 cm³/mol. The van der Waals surface area contributed by atoms with Crippen LogP contribution in [-0.4, -0.2) is 19.3 Å². The molecule has 0 heterocycles. The Hall–Kier alpha value is -0.0800. The molecule has 2 unspecified atom stereocenters. The maximum absolute atomic E-state index is 5.97. The highest BCUT2D eigenvalue weighted by molar-refractivity contribution is 5.00. The van der Waals surface area contributed by atoms with Gasteiger partial charge in [-0.1, -0.05) is 20.8 Å². The molecule has 1 rings (SSSR count). The van der Waals surface area contributed by atoms with E-state index in [1.807, 2.05) is 0 Å². The summed E-state index contributed by atoms with van der Waals surface area (Å²) in [5, 5.41) is 0. The van der Waals surface area contributed by atoms with Gasteiger partial charge in [0.05, 0.1) is 6.61 Å². The van der Waals surface area contributed by atoms with Crippen LogP contribution in [0, 0.1) is 11.3 Å². The molecule has 1 fully saturated rings. The molecule has 2 nitrogen and oxygen atoms in total. The molecule has 0 aromatic rings. The fraction of sp³-hybridized carbons (Fsp3) is 1.00. The number of rotatable bonds is 5. The molecule has 0 radical (unpaired) electrons. The Bertz CT molecular complexity index is 145. The Morgan fingerprint density at radius 3 is 2.58 bits per heavy atom. The lowest BCUT2D eigenvalue weighted by atomic mass is 10.1. The molecule has 0 aliphatic heterocycles. The minimum absolute atomic E-state index is 0.256. The van der Waals surface area contributed by atoms with E-state index < -0.39 is 0 Å². The van der Waals surface area contributed by atoms with Crippen LogP contribution in [0.5, 0.6) is 0 Å². The van der Waals surface area contributed by atoms with E-state index in [0.29, 0.717) is 11.3 Å². The maximum Gasteiger partial charge on any atom is 0.0620 e. The lowest BCUT2D eigenvalue weighted by Crippen LogP contribution is -2.30. The summed E-state index contributed by atoms with van der Waals surface area (Å²) in [6, 6.07) is 0.256. The van der Waals surface area contributed by atoms with Crippen LogP contribution >= 0.6 is 0 Å². The van der Waals surface area contributed by atoms with Crippen molar-refractivity contribution in [3.8, 4) is 0 Å². The van der Waals surface area contributed by atoms with Crippen LogP contribution in [0.25, 0.3) is 0 Å². The Morgan fingerprint density at radius 2 is 2.17 bits per heavy atom. The number of hydrogen-bond donors (Lipinski definition) is 1. The molecule has 1 aliphatic rings. The highest BCUT2D eigenvalue weighted by atomic mass is 16.5. The summed E-state index contributed by atoms with van der Waals surface area (Å²) in [6.45, 7) is 8.25. The Balaban J connectivity index is 2.09. The normalized spacial score (nSPS) is 28.5. The van der Waals surface area contributed by atoms with Crippen molar-refractivity contribution in [2.75, 3.05) is 13.2 Å². The van der Waals surface area contributed by atoms with Gasteiger partial charge in [0.1, 0.15) is 0 Å². The lowest BCUT2D eigenvalue weighted by molar-refractivity contribution is 0.113. The van der Waals surface area contributed by atoms with Crippen molar-refractivity contribution in [3.63, 3.8) is 0 Å². The minimum atomic E-state index is 0.256. The molecule has 0 amide bonds. The van der Waals surface area contributed by atoms with Crippen LogP contribution in [-0.2, 0) is 4.74 Å². The number of ether oxygens (including phenoxy) is 1. The predicted octanol–water partition coefficient (Wildman–Crippen LogP) is 1.79. The van der Waals surface area contributed by atoms with Gasteiger partial charge >= 0.3 is 0 Å². The molecule has 0 aromatic heterocycles. The van der Waals surface area contributed by atoms with Crippen LogP contribution in [0.1, 0.15) is 33.6 Å². The van der Waals surface area contributed by atoms with Gasteiger partial charge in [-0.05, 0) is 24.2 Å². The molecule has 1 aliphatic carbocycles. The fourth-order valence-electron chi connectivity index (χ4n) is 1.72. The Morgan fingerprint density at radius 1 is 1.58 bits per heavy atom. The highest BCUT2D eigenvalue weighted by Gasteiger charge is 2.48. The molecular formula is C10H21NO. The topological polar surface area (TPSA) is 35.2 Å². The number of hydrogen-bond acceptors (Lipinski definition) is 2. The van der Waals surface area contributed by atoms with Crippen LogP contribution in [0.4, 0.5) is 0 Å². The summed E-state index contributed by atoms with van der Waals surface area (Å²) in [5.74, 6) is 0.689. The van der Waals surface area contributed by atoms with Crippen molar-refractivity contribution in [1.82, 2.24) is 0 Å². The second kappa shape index (κ2) is 3.75. The zero-order valence-corrected chi connectivity index (χ0v) is 8.47. The van der Waals surface area contributed by atoms with Gasteiger partial charge in [-0.25, -0.2) is 0 Å². The molecular weight excluding hydrogens is 150 g/mol. The van der Waals surface area contributed by atoms with Gasteiger partial charge in [-0.15, -0.1) is 0 Å². The third-order valence-corrected chi connectivity index (χ3v) is 2.77. The van der Waals surface area contributed by atoms with Crippen molar-refractivity contribution >= 4 is 0 Å². The first-order valence-corrected chi connectivity index (χ1v) is 4.91. The van der Waals surface area contributed by atoms with Gasteiger partial charge < -0.3 is 10.5 Å². The molecule has 2 atom stereocenters. The van der Waals surface area contributed by atoms with Gasteiger partial charge in [0.2, 0.25) is 0 Å². The first-order chi connectivity index (χ1) is 5.58. The summed E-state index contributed by atoms with van der Waals surface area (Å²) in [4.78, 5) is 0. The highest BCUT2D eigenvalue weighted by Crippen LogP contribution is 2.52. The van der Waals surface area contributed by atoms with Crippen molar-refractivity contribution in [1.29, 1.82) is 0 Å². The van der Waals surface area contributed by atoms with E-state index in [0.717, 1.165) is 19.6 Å². The van der Waals surface area contributed by atoms with E-state index >= 15 is 0 Å². The van der Waals surface area contributed by atoms with Gasteiger partial charge in [-0.2, -0.15) is 0 Å². The molecule has 0 bridgehead atoms. The van der Waals surface area contributed by atoms with E-state index in [9.17, 15) is 0 Å². The summed E-state index contributed by atoms with van der Waals surface area (Å²) in [5.41, 5.74) is 6.45. The molecule has 0 spiro atoms.